The molecule has 1 aliphatic rings. The van der Waals surface area contributed by atoms with Crippen molar-refractivity contribution in [1.29, 1.82) is 0 Å². The predicted molar refractivity (Wildman–Crippen MR) is 125 cm³/mol. The van der Waals surface area contributed by atoms with Crippen molar-refractivity contribution in [3.8, 4) is 5.75 Å². The van der Waals surface area contributed by atoms with Gasteiger partial charge in [0.25, 0.3) is 5.69 Å². The van der Waals surface area contributed by atoms with Gasteiger partial charge in [-0.15, -0.1) is 24.0 Å². The summed E-state index contributed by atoms with van der Waals surface area (Å²) in [5.74, 6) is 1.55. The summed E-state index contributed by atoms with van der Waals surface area (Å²) in [6.45, 7) is 7.22. The van der Waals surface area contributed by atoms with Gasteiger partial charge in [0.2, 0.25) is 0 Å². The smallest absolute Gasteiger partial charge is 0.269 e. The molecule has 2 aromatic rings. The van der Waals surface area contributed by atoms with Crippen LogP contribution in [0.2, 0.25) is 0 Å². The van der Waals surface area contributed by atoms with Crippen molar-refractivity contribution in [2.45, 2.75) is 45.4 Å². The van der Waals surface area contributed by atoms with Crippen LogP contribution < -0.4 is 15.4 Å². The molecule has 0 saturated carbocycles. The molecule has 3 rings (SSSR count). The van der Waals surface area contributed by atoms with Crippen LogP contribution in [0.15, 0.2) is 53.5 Å². The van der Waals surface area contributed by atoms with Crippen LogP contribution in [0.5, 0.6) is 5.75 Å². The highest BCUT2D eigenvalue weighted by molar-refractivity contribution is 14.0. The summed E-state index contributed by atoms with van der Waals surface area (Å²) >= 11 is 0. The number of benzene rings is 2. The molecule has 1 aliphatic heterocycles. The molecule has 1 atom stereocenters. The van der Waals surface area contributed by atoms with Gasteiger partial charge >= 0.3 is 0 Å². The molecule has 0 bridgehead atoms. The lowest BCUT2D eigenvalue weighted by Gasteiger charge is -2.38. The van der Waals surface area contributed by atoms with Crippen LogP contribution in [0.25, 0.3) is 0 Å². The standard InChI is InChI=1S/C21H26N4O3.HI/c1-4-22-20(23-14-15-8-7-9-16(12-15)25(26)27)24-18-13-21(2,3)28-19-11-6-5-10-17(18)19;/h5-12,18H,4,13-14H2,1-3H3,(H2,22,23,24);1H. The number of non-ortho nitro benzene ring substituents is 1. The molecule has 0 radical (unpaired) electrons. The average Bonchev–Trinajstić information content (AvgIpc) is 2.65. The van der Waals surface area contributed by atoms with Gasteiger partial charge < -0.3 is 15.4 Å². The molecule has 7 nitrogen and oxygen atoms in total. The Morgan fingerprint density at radius 1 is 1.28 bits per heavy atom. The molecule has 29 heavy (non-hydrogen) atoms. The summed E-state index contributed by atoms with van der Waals surface area (Å²) in [5, 5.41) is 17.7. The second kappa shape index (κ2) is 9.91. The Morgan fingerprint density at radius 2 is 2.03 bits per heavy atom. The second-order valence-corrected chi connectivity index (χ2v) is 7.42. The molecule has 0 saturated heterocycles. The molecule has 0 aromatic heterocycles. The van der Waals surface area contributed by atoms with Crippen molar-refractivity contribution in [1.82, 2.24) is 10.6 Å². The Hall–Kier alpha value is -2.36. The van der Waals surface area contributed by atoms with E-state index in [4.69, 9.17) is 4.74 Å². The minimum absolute atomic E-state index is 0. The van der Waals surface area contributed by atoms with Crippen LogP contribution >= 0.6 is 24.0 Å². The number of nitrogens with one attached hydrogen (secondary N) is 2. The molecule has 0 aliphatic carbocycles. The van der Waals surface area contributed by atoms with Crippen LogP contribution in [-0.4, -0.2) is 23.0 Å². The van der Waals surface area contributed by atoms with Crippen LogP contribution in [0.4, 0.5) is 5.69 Å². The van der Waals surface area contributed by atoms with Gasteiger partial charge in [0.15, 0.2) is 5.96 Å². The Labute approximate surface area is 188 Å². The number of rotatable bonds is 5. The van der Waals surface area contributed by atoms with Crippen molar-refractivity contribution >= 4 is 35.6 Å². The van der Waals surface area contributed by atoms with Crippen molar-refractivity contribution < 1.29 is 9.66 Å². The maximum Gasteiger partial charge on any atom is 0.269 e. The normalized spacial score (nSPS) is 17.3. The van der Waals surface area contributed by atoms with Gasteiger partial charge in [-0.3, -0.25) is 10.1 Å². The van der Waals surface area contributed by atoms with Gasteiger partial charge in [-0.25, -0.2) is 4.99 Å². The highest BCUT2D eigenvalue weighted by Gasteiger charge is 2.33. The summed E-state index contributed by atoms with van der Waals surface area (Å²) in [7, 11) is 0. The largest absolute Gasteiger partial charge is 0.487 e. The van der Waals surface area contributed by atoms with Crippen molar-refractivity contribution in [2.24, 2.45) is 4.99 Å². The number of guanidine groups is 1. The number of aliphatic imine (C=N–C) groups is 1. The third-order valence-electron chi connectivity index (χ3n) is 4.57. The Balaban J connectivity index is 0.00000300. The first-order valence-electron chi connectivity index (χ1n) is 9.44. The first kappa shape index (κ1) is 22.9. The number of hydrogen-bond donors (Lipinski definition) is 2. The summed E-state index contributed by atoms with van der Waals surface area (Å²) in [5.41, 5.74) is 1.68. The lowest BCUT2D eigenvalue weighted by molar-refractivity contribution is -0.384. The molecule has 2 aromatic carbocycles. The number of nitro benzene ring substituents is 1. The molecule has 1 heterocycles. The van der Waals surface area contributed by atoms with Crippen LogP contribution in [0, 0.1) is 10.1 Å². The predicted octanol–water partition coefficient (Wildman–Crippen LogP) is 4.57. The van der Waals surface area contributed by atoms with Crippen LogP contribution in [0.1, 0.15) is 44.4 Å². The second-order valence-electron chi connectivity index (χ2n) is 7.42. The van der Waals surface area contributed by atoms with E-state index in [1.165, 1.54) is 6.07 Å². The highest BCUT2D eigenvalue weighted by Crippen LogP contribution is 2.39. The number of fused-ring (bicyclic) bond motifs is 1. The quantitative estimate of drug-likeness (QED) is 0.202. The first-order chi connectivity index (χ1) is 13.4. The summed E-state index contributed by atoms with van der Waals surface area (Å²) in [6, 6.07) is 14.6. The van der Waals surface area contributed by atoms with Crippen molar-refractivity contribution in [3.63, 3.8) is 0 Å². The average molecular weight is 510 g/mol. The van der Waals surface area contributed by atoms with Gasteiger partial charge in [-0.1, -0.05) is 30.3 Å². The number of hydrogen-bond acceptors (Lipinski definition) is 4. The van der Waals surface area contributed by atoms with E-state index in [2.05, 4.69) is 35.5 Å². The molecule has 8 heteroatoms. The van der Waals surface area contributed by atoms with Gasteiger partial charge in [-0.05, 0) is 32.4 Å². The van der Waals surface area contributed by atoms with E-state index in [-0.39, 0.29) is 41.3 Å². The Morgan fingerprint density at radius 3 is 2.76 bits per heavy atom. The fraction of sp³-hybridized carbons (Fsp3) is 0.381. The zero-order valence-electron chi connectivity index (χ0n) is 16.8. The zero-order chi connectivity index (χ0) is 20.1. The fourth-order valence-electron chi connectivity index (χ4n) is 3.35. The van der Waals surface area contributed by atoms with Gasteiger partial charge in [0.05, 0.1) is 17.5 Å². The zero-order valence-corrected chi connectivity index (χ0v) is 19.2. The molecule has 156 valence electrons. The fourth-order valence-corrected chi connectivity index (χ4v) is 3.35. The van der Waals surface area contributed by atoms with E-state index >= 15 is 0 Å². The van der Waals surface area contributed by atoms with E-state index in [0.29, 0.717) is 12.5 Å². The number of ether oxygens (including phenoxy) is 1. The molecular formula is C21H27IN4O3. The number of halogens is 1. The first-order valence-corrected chi connectivity index (χ1v) is 9.44. The summed E-state index contributed by atoms with van der Waals surface area (Å²) in [6.07, 6.45) is 0.797. The summed E-state index contributed by atoms with van der Waals surface area (Å²) < 4.78 is 6.09. The number of nitrogens with zero attached hydrogens (tertiary/aromatic N) is 2. The van der Waals surface area contributed by atoms with E-state index in [1.54, 1.807) is 12.1 Å². The lowest BCUT2D eigenvalue weighted by Crippen LogP contribution is -2.45. The van der Waals surface area contributed by atoms with E-state index in [9.17, 15) is 10.1 Å². The van der Waals surface area contributed by atoms with Gasteiger partial charge in [-0.2, -0.15) is 0 Å². The monoisotopic (exact) mass is 510 g/mol. The minimum Gasteiger partial charge on any atom is -0.487 e. The number of para-hydroxylation sites is 1. The SMILES string of the molecule is CCNC(=NCc1cccc([N+](=O)[O-])c1)NC1CC(C)(C)Oc2ccccc21.I. The van der Waals surface area contributed by atoms with Crippen molar-refractivity contribution in [3.05, 3.63) is 69.8 Å². The highest BCUT2D eigenvalue weighted by atomic mass is 127. The Kier molecular flexibility index (Phi) is 7.83. The maximum absolute atomic E-state index is 11.0. The van der Waals surface area contributed by atoms with Gasteiger partial charge in [0.1, 0.15) is 11.4 Å². The van der Waals surface area contributed by atoms with Crippen LogP contribution in [0.3, 0.4) is 0 Å². The lowest BCUT2D eigenvalue weighted by atomic mass is 9.90. The topological polar surface area (TPSA) is 88.8 Å². The van der Waals surface area contributed by atoms with Crippen LogP contribution in [-0.2, 0) is 6.54 Å². The third-order valence-corrected chi connectivity index (χ3v) is 4.57. The summed E-state index contributed by atoms with van der Waals surface area (Å²) in [4.78, 5) is 15.2. The maximum atomic E-state index is 11.0. The van der Waals surface area contributed by atoms with Crippen molar-refractivity contribution in [2.75, 3.05) is 6.54 Å². The number of nitro groups is 1. The Bertz CT molecular complexity index is 886. The van der Waals surface area contributed by atoms with E-state index in [0.717, 1.165) is 29.8 Å². The molecular weight excluding hydrogens is 483 g/mol. The molecule has 0 amide bonds. The van der Waals surface area contributed by atoms with Gasteiger partial charge in [0, 0.05) is 30.7 Å². The molecule has 0 fully saturated rings. The molecule has 1 unspecified atom stereocenters. The minimum atomic E-state index is -0.391. The molecule has 2 N–H and O–H groups in total. The van der Waals surface area contributed by atoms with E-state index < -0.39 is 4.92 Å². The molecule has 0 spiro atoms. The van der Waals surface area contributed by atoms with E-state index in [1.807, 2.05) is 31.2 Å². The third kappa shape index (κ3) is 6.06.